The lowest BCUT2D eigenvalue weighted by molar-refractivity contribution is -0.137. The zero-order chi connectivity index (χ0) is 24.5. The summed E-state index contributed by atoms with van der Waals surface area (Å²) in [7, 11) is 2.02. The van der Waals surface area contributed by atoms with Crippen molar-refractivity contribution in [1.82, 2.24) is 14.7 Å². The lowest BCUT2D eigenvalue weighted by Crippen LogP contribution is -2.47. The maximum Gasteiger partial charge on any atom is 0.416 e. The average molecular weight is 506 g/mol. The summed E-state index contributed by atoms with van der Waals surface area (Å²) >= 11 is 6.41. The van der Waals surface area contributed by atoms with Crippen LogP contribution < -0.4 is 0 Å². The molecular formula is C24H22F3N3O2S2. The van der Waals surface area contributed by atoms with Gasteiger partial charge in [-0.05, 0) is 48.5 Å². The van der Waals surface area contributed by atoms with Crippen molar-refractivity contribution in [1.29, 1.82) is 0 Å². The van der Waals surface area contributed by atoms with Gasteiger partial charge < -0.3 is 9.80 Å². The van der Waals surface area contributed by atoms with E-state index in [1.54, 1.807) is 30.3 Å². The molecule has 10 heteroatoms. The number of hydrogen-bond acceptors (Lipinski definition) is 5. The third-order valence-electron chi connectivity index (χ3n) is 5.69. The van der Waals surface area contributed by atoms with Gasteiger partial charge in [-0.25, -0.2) is 0 Å². The number of carbonyl (C=O) groups excluding carboxylic acids is 2. The zero-order valence-corrected chi connectivity index (χ0v) is 20.0. The van der Waals surface area contributed by atoms with Crippen molar-refractivity contribution in [2.45, 2.75) is 12.7 Å². The number of halogens is 3. The summed E-state index contributed by atoms with van der Waals surface area (Å²) in [5.74, 6) is -0.427. The van der Waals surface area contributed by atoms with Crippen LogP contribution in [0, 0.1) is 0 Å². The van der Waals surface area contributed by atoms with Crippen LogP contribution >= 0.6 is 24.0 Å². The Kier molecular flexibility index (Phi) is 7.11. The second-order valence-electron chi connectivity index (χ2n) is 8.19. The number of thioether (sulfide) groups is 1. The fourth-order valence-electron chi connectivity index (χ4n) is 3.77. The average Bonchev–Trinajstić information content (AvgIpc) is 3.06. The summed E-state index contributed by atoms with van der Waals surface area (Å²) in [4.78, 5) is 31.5. The van der Waals surface area contributed by atoms with Crippen molar-refractivity contribution in [3.63, 3.8) is 0 Å². The number of alkyl halides is 3. The number of nitrogens with zero attached hydrogens (tertiary/aromatic N) is 3. The largest absolute Gasteiger partial charge is 0.416 e. The molecule has 178 valence electrons. The third-order valence-corrected chi connectivity index (χ3v) is 7.07. The van der Waals surface area contributed by atoms with Crippen LogP contribution in [-0.2, 0) is 17.5 Å². The van der Waals surface area contributed by atoms with E-state index in [0.717, 1.165) is 37.0 Å². The lowest BCUT2D eigenvalue weighted by Gasteiger charge is -2.32. The Balaban J connectivity index is 1.49. The molecule has 2 fully saturated rings. The second-order valence-corrected chi connectivity index (χ2v) is 9.86. The molecule has 2 aromatic rings. The van der Waals surface area contributed by atoms with Crippen molar-refractivity contribution in [2.24, 2.45) is 0 Å². The molecule has 2 amide bonds. The first-order valence-corrected chi connectivity index (χ1v) is 11.8. The molecule has 0 spiro atoms. The van der Waals surface area contributed by atoms with Crippen LogP contribution in [0.1, 0.15) is 27.0 Å². The van der Waals surface area contributed by atoms with Crippen LogP contribution in [-0.4, -0.2) is 64.1 Å². The maximum absolute atomic E-state index is 13.0. The van der Waals surface area contributed by atoms with Crippen LogP contribution in [0.5, 0.6) is 0 Å². The summed E-state index contributed by atoms with van der Waals surface area (Å²) in [6, 6.07) is 11.9. The molecule has 0 saturated carbocycles. The fourth-order valence-corrected chi connectivity index (χ4v) is 5.02. The van der Waals surface area contributed by atoms with E-state index in [9.17, 15) is 22.8 Å². The number of carbonyl (C=O) groups is 2. The smallest absolute Gasteiger partial charge is 0.336 e. The van der Waals surface area contributed by atoms with Gasteiger partial charge >= 0.3 is 6.18 Å². The van der Waals surface area contributed by atoms with Gasteiger partial charge in [-0.15, -0.1) is 0 Å². The lowest BCUT2D eigenvalue weighted by atomic mass is 10.1. The van der Waals surface area contributed by atoms with Gasteiger partial charge in [0.1, 0.15) is 4.32 Å². The third kappa shape index (κ3) is 5.51. The highest BCUT2D eigenvalue weighted by Gasteiger charge is 2.34. The van der Waals surface area contributed by atoms with Gasteiger partial charge in [-0.3, -0.25) is 14.5 Å². The molecule has 0 bridgehead atoms. The van der Waals surface area contributed by atoms with E-state index in [4.69, 9.17) is 12.2 Å². The first-order chi connectivity index (χ1) is 16.1. The van der Waals surface area contributed by atoms with Crippen molar-refractivity contribution in [3.05, 3.63) is 75.7 Å². The zero-order valence-electron chi connectivity index (χ0n) is 18.3. The van der Waals surface area contributed by atoms with Crippen LogP contribution in [0.3, 0.4) is 0 Å². The predicted octanol–water partition coefficient (Wildman–Crippen LogP) is 4.49. The molecule has 2 aliphatic rings. The minimum absolute atomic E-state index is 0.0478. The van der Waals surface area contributed by atoms with E-state index < -0.39 is 11.7 Å². The Bertz CT molecular complexity index is 1160. The molecular weight excluding hydrogens is 483 g/mol. The highest BCUT2D eigenvalue weighted by molar-refractivity contribution is 8.26. The monoisotopic (exact) mass is 505 g/mol. The van der Waals surface area contributed by atoms with Crippen LogP contribution in [0.2, 0.25) is 0 Å². The number of piperazine rings is 1. The minimum atomic E-state index is -4.46. The Morgan fingerprint density at radius 2 is 1.79 bits per heavy atom. The fraction of sp³-hybridized carbons (Fsp3) is 0.292. The topological polar surface area (TPSA) is 43.9 Å². The molecule has 2 aromatic carbocycles. The maximum atomic E-state index is 13.0. The Morgan fingerprint density at radius 3 is 2.50 bits per heavy atom. The van der Waals surface area contributed by atoms with Crippen LogP contribution in [0.15, 0.2) is 53.4 Å². The van der Waals surface area contributed by atoms with Crippen LogP contribution in [0.4, 0.5) is 13.2 Å². The second kappa shape index (κ2) is 9.89. The van der Waals surface area contributed by atoms with E-state index in [1.807, 2.05) is 11.9 Å². The van der Waals surface area contributed by atoms with Crippen molar-refractivity contribution >= 4 is 46.2 Å². The first-order valence-electron chi connectivity index (χ1n) is 10.6. The minimum Gasteiger partial charge on any atom is -0.336 e. The molecule has 5 nitrogen and oxygen atoms in total. The van der Waals surface area contributed by atoms with Crippen molar-refractivity contribution in [2.75, 3.05) is 33.2 Å². The van der Waals surface area contributed by atoms with Gasteiger partial charge in [0.2, 0.25) is 0 Å². The number of hydrogen-bond donors (Lipinski definition) is 0. The first kappa shape index (κ1) is 24.4. The van der Waals surface area contributed by atoms with E-state index in [2.05, 4.69) is 4.90 Å². The highest BCUT2D eigenvalue weighted by atomic mass is 32.2. The van der Waals surface area contributed by atoms with Gasteiger partial charge in [0, 0.05) is 31.7 Å². The molecule has 2 saturated heterocycles. The molecule has 0 atom stereocenters. The van der Waals surface area contributed by atoms with Gasteiger partial charge in [0.05, 0.1) is 17.0 Å². The van der Waals surface area contributed by atoms with Gasteiger partial charge in [-0.2, -0.15) is 13.2 Å². The van der Waals surface area contributed by atoms with E-state index in [1.165, 1.54) is 17.0 Å². The standard InChI is InChI=1S/C24H22F3N3O2S2/c1-28-8-10-29(11-9-28)21(31)18-6-2-4-16(12-18)14-20-22(32)30(23(33)34-20)15-17-5-3-7-19(13-17)24(25,26)27/h2-7,12-14H,8-11,15H2,1H3/b20-14-. The summed E-state index contributed by atoms with van der Waals surface area (Å²) in [5, 5.41) is 0. The molecule has 4 rings (SSSR count). The normalized spacial score (nSPS) is 18.8. The van der Waals surface area contributed by atoms with Gasteiger partial charge in [-0.1, -0.05) is 48.2 Å². The van der Waals surface area contributed by atoms with E-state index >= 15 is 0 Å². The van der Waals surface area contributed by atoms with Crippen molar-refractivity contribution < 1.29 is 22.8 Å². The molecule has 0 unspecified atom stereocenters. The molecule has 0 aromatic heterocycles. The van der Waals surface area contributed by atoms with Crippen molar-refractivity contribution in [3.8, 4) is 0 Å². The van der Waals surface area contributed by atoms with Gasteiger partial charge in [0.15, 0.2) is 0 Å². The quantitative estimate of drug-likeness (QED) is 0.453. The predicted molar refractivity (Wildman–Crippen MR) is 130 cm³/mol. The molecule has 0 aliphatic carbocycles. The summed E-state index contributed by atoms with van der Waals surface area (Å²) in [5.41, 5.74) is 0.789. The number of likely N-dealkylation sites (N-methyl/N-ethyl adjacent to an activating group) is 1. The van der Waals surface area contributed by atoms with Gasteiger partial charge in [0.25, 0.3) is 11.8 Å². The molecule has 2 heterocycles. The number of thiocarbonyl (C=S) groups is 1. The summed E-state index contributed by atoms with van der Waals surface area (Å²) < 4.78 is 39.3. The molecule has 0 radical (unpaired) electrons. The highest BCUT2D eigenvalue weighted by Crippen LogP contribution is 2.35. The Hall–Kier alpha value is -2.69. The number of benzene rings is 2. The molecule has 0 N–H and O–H groups in total. The Morgan fingerprint density at radius 1 is 1.09 bits per heavy atom. The Labute approximate surface area is 205 Å². The number of amides is 2. The number of rotatable bonds is 4. The molecule has 34 heavy (non-hydrogen) atoms. The summed E-state index contributed by atoms with van der Waals surface area (Å²) in [6.07, 6.45) is -2.80. The van der Waals surface area contributed by atoms with Crippen LogP contribution in [0.25, 0.3) is 6.08 Å². The SMILES string of the molecule is CN1CCN(C(=O)c2cccc(/C=C3\SC(=S)N(Cc4cccc(C(F)(F)F)c4)C3=O)c2)CC1. The summed E-state index contributed by atoms with van der Waals surface area (Å²) in [6.45, 7) is 2.91. The molecule has 2 aliphatic heterocycles. The van der Waals surface area contributed by atoms with E-state index in [-0.39, 0.29) is 22.7 Å². The van der Waals surface area contributed by atoms with E-state index in [0.29, 0.717) is 34.7 Å².